The summed E-state index contributed by atoms with van der Waals surface area (Å²) in [5, 5.41) is 32.8. The normalized spacial score (nSPS) is 14.8. The monoisotopic (exact) mass is 758 g/mol. The molecule has 0 radical (unpaired) electrons. The Morgan fingerprint density at radius 1 is 0.865 bits per heavy atom. The van der Waals surface area contributed by atoms with Crippen LogP contribution in [-0.2, 0) is 26.5 Å². The standard InChI is InChI=1S/C37H54N6O7S2/c1-3-4-5-6-7-8-22-39-37(46)41-31-14-16-33(17-15-31)52(49,50)43-24-20-32(21-25-43)40-30-12-9-28(10-13-30)19-23-38-27-36(45)29-11-18-35(44)34(26-29)42-51(2,47)48/h9-18,26,32,36,38,40,42,44-45H,3-8,19-25,27H2,1-2H3,(H2,39,41,46)/t36-/m0/s1. The van der Waals surface area contributed by atoms with Gasteiger partial charge in [-0.15, -0.1) is 0 Å². The van der Waals surface area contributed by atoms with Crippen LogP contribution in [0.4, 0.5) is 21.9 Å². The number of phenolic OH excluding ortho intramolecular Hbond substituents is 1. The summed E-state index contributed by atoms with van der Waals surface area (Å²) in [6.07, 6.45) is 9.03. The predicted octanol–water partition coefficient (Wildman–Crippen LogP) is 5.38. The van der Waals surface area contributed by atoms with Crippen LogP contribution in [0.5, 0.6) is 5.75 Å². The highest BCUT2D eigenvalue weighted by atomic mass is 32.2. The SMILES string of the molecule is CCCCCCCCNC(=O)Nc1ccc(S(=O)(=O)N2CCC(Nc3ccc(CCNC[C@H](O)c4ccc(O)c(NS(C)(=O)=O)c4)cc3)CC2)cc1. The first-order valence-corrected chi connectivity index (χ1v) is 21.4. The van der Waals surface area contributed by atoms with E-state index in [1.54, 1.807) is 18.2 Å². The second kappa shape index (κ2) is 19.8. The van der Waals surface area contributed by atoms with E-state index in [4.69, 9.17) is 0 Å². The first-order chi connectivity index (χ1) is 24.8. The largest absolute Gasteiger partial charge is 0.506 e. The molecule has 286 valence electrons. The Kier molecular flexibility index (Phi) is 15.6. The van der Waals surface area contributed by atoms with E-state index in [1.165, 1.54) is 54.3 Å². The van der Waals surface area contributed by atoms with Crippen LogP contribution in [0.3, 0.4) is 0 Å². The van der Waals surface area contributed by atoms with Crippen LogP contribution in [0.25, 0.3) is 0 Å². The molecule has 52 heavy (non-hydrogen) atoms. The molecular formula is C37H54N6O7S2. The fourth-order valence-corrected chi connectivity index (χ4v) is 8.05. The van der Waals surface area contributed by atoms with E-state index in [1.807, 2.05) is 24.3 Å². The van der Waals surface area contributed by atoms with Crippen LogP contribution in [0, 0.1) is 0 Å². The number of rotatable bonds is 20. The van der Waals surface area contributed by atoms with Crippen LogP contribution < -0.4 is 26.0 Å². The number of phenols is 1. The molecule has 0 saturated carbocycles. The van der Waals surface area contributed by atoms with Crippen LogP contribution in [0.15, 0.2) is 71.6 Å². The zero-order chi connectivity index (χ0) is 37.6. The van der Waals surface area contributed by atoms with Gasteiger partial charge in [0.05, 0.1) is 22.9 Å². The number of hydrogen-bond acceptors (Lipinski definition) is 9. The highest BCUT2D eigenvalue weighted by molar-refractivity contribution is 7.92. The summed E-state index contributed by atoms with van der Waals surface area (Å²) in [4.78, 5) is 12.4. The number of anilines is 3. The van der Waals surface area contributed by atoms with E-state index >= 15 is 0 Å². The van der Waals surface area contributed by atoms with Gasteiger partial charge in [-0.05, 0) is 91.9 Å². The van der Waals surface area contributed by atoms with Gasteiger partial charge in [-0.1, -0.05) is 57.2 Å². The number of aromatic hydroxyl groups is 1. The molecule has 0 spiro atoms. The summed E-state index contributed by atoms with van der Waals surface area (Å²) in [6, 6.07) is 18.5. The Labute approximate surface area is 308 Å². The van der Waals surface area contributed by atoms with E-state index in [0.717, 1.165) is 36.8 Å². The average molecular weight is 759 g/mol. The fraction of sp³-hybridized carbons (Fsp3) is 0.486. The first-order valence-electron chi connectivity index (χ1n) is 18.0. The number of nitrogens with zero attached hydrogens (tertiary/aromatic N) is 1. The van der Waals surface area contributed by atoms with E-state index < -0.39 is 26.2 Å². The van der Waals surface area contributed by atoms with Crippen LogP contribution >= 0.6 is 0 Å². The molecule has 1 saturated heterocycles. The lowest BCUT2D eigenvalue weighted by atomic mass is 10.1. The van der Waals surface area contributed by atoms with Crippen molar-refractivity contribution in [2.45, 2.75) is 81.8 Å². The summed E-state index contributed by atoms with van der Waals surface area (Å²) in [5.74, 6) is -0.223. The third kappa shape index (κ3) is 13.3. The molecule has 15 heteroatoms. The summed E-state index contributed by atoms with van der Waals surface area (Å²) >= 11 is 0. The number of aliphatic hydroxyl groups excluding tert-OH is 1. The summed E-state index contributed by atoms with van der Waals surface area (Å²) in [5.41, 5.74) is 3.08. The topological polar surface area (TPSA) is 189 Å². The molecule has 0 aromatic heterocycles. The molecule has 0 unspecified atom stereocenters. The number of nitrogens with one attached hydrogen (secondary N) is 5. The smallest absolute Gasteiger partial charge is 0.319 e. The van der Waals surface area contributed by atoms with E-state index in [2.05, 4.69) is 32.9 Å². The van der Waals surface area contributed by atoms with Crippen LogP contribution in [0.1, 0.15) is 75.5 Å². The maximum Gasteiger partial charge on any atom is 0.319 e. The van der Waals surface area contributed by atoms with Crippen molar-refractivity contribution in [2.75, 3.05) is 54.3 Å². The summed E-state index contributed by atoms with van der Waals surface area (Å²) in [7, 11) is -7.24. The van der Waals surface area contributed by atoms with E-state index in [-0.39, 0.29) is 35.0 Å². The lowest BCUT2D eigenvalue weighted by molar-refractivity contribution is 0.175. The molecule has 2 amide bonds. The van der Waals surface area contributed by atoms with E-state index in [9.17, 15) is 31.8 Å². The van der Waals surface area contributed by atoms with Crippen molar-refractivity contribution in [1.29, 1.82) is 0 Å². The zero-order valence-electron chi connectivity index (χ0n) is 30.1. The van der Waals surface area contributed by atoms with Gasteiger partial charge in [-0.25, -0.2) is 21.6 Å². The molecular weight excluding hydrogens is 705 g/mol. The minimum atomic E-state index is -3.66. The number of amides is 2. The molecule has 1 heterocycles. The molecule has 1 fully saturated rings. The molecule has 4 rings (SSSR count). The number of carbonyl (C=O) groups is 1. The summed E-state index contributed by atoms with van der Waals surface area (Å²) in [6.45, 7) is 4.45. The highest BCUT2D eigenvalue weighted by Gasteiger charge is 2.29. The van der Waals surface area contributed by atoms with Crippen molar-refractivity contribution in [3.63, 3.8) is 0 Å². The molecule has 3 aromatic carbocycles. The predicted molar refractivity (Wildman–Crippen MR) is 207 cm³/mol. The first kappa shape index (κ1) is 40.9. The van der Waals surface area contributed by atoms with Gasteiger partial charge in [0.1, 0.15) is 5.75 Å². The number of carbonyl (C=O) groups excluding carboxylic acids is 1. The van der Waals surface area contributed by atoms with Gasteiger partial charge in [0.25, 0.3) is 0 Å². The van der Waals surface area contributed by atoms with Crippen molar-refractivity contribution in [3.8, 4) is 5.75 Å². The van der Waals surface area contributed by atoms with Crippen molar-refractivity contribution in [3.05, 3.63) is 77.9 Å². The van der Waals surface area contributed by atoms with Crippen molar-refractivity contribution < 1.29 is 31.8 Å². The van der Waals surface area contributed by atoms with Crippen molar-refractivity contribution in [1.82, 2.24) is 14.9 Å². The lowest BCUT2D eigenvalue weighted by Gasteiger charge is -2.32. The zero-order valence-corrected chi connectivity index (χ0v) is 31.7. The second-order valence-electron chi connectivity index (χ2n) is 13.3. The third-order valence-electron chi connectivity index (χ3n) is 8.97. The van der Waals surface area contributed by atoms with Gasteiger partial charge < -0.3 is 31.5 Å². The average Bonchev–Trinajstić information content (AvgIpc) is 3.11. The maximum absolute atomic E-state index is 13.3. The quantitative estimate of drug-likeness (QED) is 0.0587. The van der Waals surface area contributed by atoms with Crippen molar-refractivity contribution in [2.24, 2.45) is 0 Å². The minimum absolute atomic E-state index is 0.0140. The number of benzene rings is 3. The molecule has 0 bridgehead atoms. The molecule has 13 nitrogen and oxygen atoms in total. The Bertz CT molecular complexity index is 1780. The lowest BCUT2D eigenvalue weighted by Crippen LogP contribution is -2.42. The van der Waals surface area contributed by atoms with Gasteiger partial charge in [0, 0.05) is 43.6 Å². The van der Waals surface area contributed by atoms with Gasteiger partial charge >= 0.3 is 6.03 Å². The molecule has 1 aliphatic rings. The fourth-order valence-electron chi connectivity index (χ4n) is 6.02. The molecule has 3 aromatic rings. The number of sulfonamides is 2. The maximum atomic E-state index is 13.3. The summed E-state index contributed by atoms with van der Waals surface area (Å²) < 4.78 is 53.5. The van der Waals surface area contributed by atoms with Gasteiger partial charge in [0.15, 0.2) is 0 Å². The van der Waals surface area contributed by atoms with Gasteiger partial charge in [-0.2, -0.15) is 4.31 Å². The van der Waals surface area contributed by atoms with Crippen LogP contribution in [-0.4, -0.2) is 82.4 Å². The highest BCUT2D eigenvalue weighted by Crippen LogP contribution is 2.28. The second-order valence-corrected chi connectivity index (χ2v) is 17.0. The molecule has 0 aliphatic carbocycles. The Hall–Kier alpha value is -3.89. The van der Waals surface area contributed by atoms with Crippen molar-refractivity contribution >= 4 is 43.1 Å². The number of piperidine rings is 1. The Morgan fingerprint density at radius 3 is 2.19 bits per heavy atom. The molecule has 7 N–H and O–H groups in total. The minimum Gasteiger partial charge on any atom is -0.506 e. The Balaban J connectivity index is 1.14. The number of unbranched alkanes of at least 4 members (excludes halogenated alkanes) is 5. The van der Waals surface area contributed by atoms with Gasteiger partial charge in [0.2, 0.25) is 20.0 Å². The Morgan fingerprint density at radius 2 is 1.52 bits per heavy atom. The third-order valence-corrected chi connectivity index (χ3v) is 11.5. The number of urea groups is 1. The molecule has 1 atom stereocenters. The molecule has 1 aliphatic heterocycles. The van der Waals surface area contributed by atoms with Crippen LogP contribution in [0.2, 0.25) is 0 Å². The van der Waals surface area contributed by atoms with E-state index in [0.29, 0.717) is 50.3 Å². The number of hydrogen-bond donors (Lipinski definition) is 7. The van der Waals surface area contributed by atoms with Gasteiger partial charge in [-0.3, -0.25) is 4.72 Å². The number of aliphatic hydroxyl groups is 1.